The van der Waals surface area contributed by atoms with E-state index in [1.54, 1.807) is 23.1 Å². The Bertz CT molecular complexity index is 1190. The summed E-state index contributed by atoms with van der Waals surface area (Å²) in [6.45, 7) is 2.27. The molecule has 1 aliphatic heterocycles. The van der Waals surface area contributed by atoms with Crippen LogP contribution >= 0.6 is 11.6 Å². The van der Waals surface area contributed by atoms with E-state index in [0.717, 1.165) is 16.6 Å². The van der Waals surface area contributed by atoms with Crippen molar-refractivity contribution in [1.82, 2.24) is 4.90 Å². The minimum absolute atomic E-state index is 0.157. The molecule has 1 N–H and O–H groups in total. The van der Waals surface area contributed by atoms with Gasteiger partial charge in [-0.15, -0.1) is 0 Å². The fourth-order valence-electron chi connectivity index (χ4n) is 4.00. The van der Waals surface area contributed by atoms with Gasteiger partial charge in [0.15, 0.2) is 0 Å². The van der Waals surface area contributed by atoms with Gasteiger partial charge in [0, 0.05) is 10.6 Å². The first-order valence-electron chi connectivity index (χ1n) is 10.6. The molecule has 3 aromatic rings. The number of carboxylic acid groups (broad SMARTS) is 1. The van der Waals surface area contributed by atoms with Crippen molar-refractivity contribution >= 4 is 37.0 Å². The fraction of sp³-hybridized carbons (Fsp3) is 0.200. The van der Waals surface area contributed by atoms with Crippen molar-refractivity contribution in [2.75, 3.05) is 0 Å². The molecule has 8 heteroatoms. The normalized spacial score (nSPS) is 17.6. The number of hydrogen-bond donors (Lipinski definition) is 1. The molecule has 1 saturated heterocycles. The molecular weight excluding hydrogens is 441 g/mol. The molecule has 1 amide bonds. The standard InChI is InChI=1S/C25H23BClNO5/c1-15-24(17-5-3-2-4-6-17)33-25(31)28(15)14-18-12-19(26)7-8-22(18)32-21-10-16(11-23(29)30)9-20(27)13-21/h2-10,12-13,15,24H,11,14,26H2,1H3,(H,29,30)/t15-,24-/m1/s1. The predicted molar refractivity (Wildman–Crippen MR) is 128 cm³/mol. The van der Waals surface area contributed by atoms with Gasteiger partial charge >= 0.3 is 12.1 Å². The van der Waals surface area contributed by atoms with Crippen molar-refractivity contribution in [3.05, 3.63) is 88.4 Å². The van der Waals surface area contributed by atoms with Gasteiger partial charge in [0.05, 0.1) is 19.0 Å². The lowest BCUT2D eigenvalue weighted by Gasteiger charge is -2.22. The monoisotopic (exact) mass is 463 g/mol. The number of halogens is 1. The zero-order valence-corrected chi connectivity index (χ0v) is 19.1. The molecule has 33 heavy (non-hydrogen) atoms. The molecule has 0 aromatic heterocycles. The average Bonchev–Trinajstić information content (AvgIpc) is 3.03. The number of carbonyl (C=O) groups excluding carboxylic acids is 1. The lowest BCUT2D eigenvalue weighted by atomic mass is 9.93. The van der Waals surface area contributed by atoms with E-state index in [9.17, 15) is 9.59 Å². The Balaban J connectivity index is 1.59. The van der Waals surface area contributed by atoms with Gasteiger partial charge < -0.3 is 14.6 Å². The smallest absolute Gasteiger partial charge is 0.411 e. The minimum atomic E-state index is -0.950. The summed E-state index contributed by atoms with van der Waals surface area (Å²) >= 11 is 6.17. The summed E-state index contributed by atoms with van der Waals surface area (Å²) < 4.78 is 11.8. The molecule has 2 atom stereocenters. The molecule has 0 unspecified atom stereocenters. The Labute approximate surface area is 198 Å². The number of aliphatic carboxylic acids is 1. The molecule has 0 aliphatic carbocycles. The second-order valence-electron chi connectivity index (χ2n) is 8.16. The number of hydrogen-bond acceptors (Lipinski definition) is 4. The molecule has 0 bridgehead atoms. The zero-order valence-electron chi connectivity index (χ0n) is 18.3. The summed E-state index contributed by atoms with van der Waals surface area (Å²) in [5.41, 5.74) is 3.33. The summed E-state index contributed by atoms with van der Waals surface area (Å²) in [4.78, 5) is 25.5. The van der Waals surface area contributed by atoms with E-state index in [1.165, 1.54) is 0 Å². The third kappa shape index (κ3) is 5.31. The van der Waals surface area contributed by atoms with Crippen molar-refractivity contribution in [3.63, 3.8) is 0 Å². The molecule has 0 radical (unpaired) electrons. The van der Waals surface area contributed by atoms with Crippen LogP contribution in [0.1, 0.15) is 29.7 Å². The van der Waals surface area contributed by atoms with Gasteiger partial charge in [-0.05, 0) is 42.3 Å². The number of cyclic esters (lactones) is 1. The quantitative estimate of drug-likeness (QED) is 0.534. The van der Waals surface area contributed by atoms with Crippen LogP contribution in [0.2, 0.25) is 5.02 Å². The van der Waals surface area contributed by atoms with Crippen LogP contribution in [0.3, 0.4) is 0 Å². The maximum absolute atomic E-state index is 12.7. The van der Waals surface area contributed by atoms with Crippen LogP contribution in [-0.2, 0) is 22.5 Å². The molecular formula is C25H23BClNO5. The number of amides is 1. The number of carbonyl (C=O) groups is 2. The van der Waals surface area contributed by atoms with Crippen LogP contribution in [0.25, 0.3) is 0 Å². The van der Waals surface area contributed by atoms with Gasteiger partial charge in [-0.3, -0.25) is 9.69 Å². The summed E-state index contributed by atoms with van der Waals surface area (Å²) in [5, 5.41) is 9.48. The van der Waals surface area contributed by atoms with E-state index >= 15 is 0 Å². The van der Waals surface area contributed by atoms with Crippen molar-refractivity contribution in [2.45, 2.75) is 32.0 Å². The second kappa shape index (κ2) is 9.59. The molecule has 4 rings (SSSR count). The number of rotatable bonds is 7. The zero-order chi connectivity index (χ0) is 23.5. The first-order chi connectivity index (χ1) is 15.8. The molecule has 3 aromatic carbocycles. The minimum Gasteiger partial charge on any atom is -0.481 e. The molecule has 0 saturated carbocycles. The van der Waals surface area contributed by atoms with Gasteiger partial charge in [0.1, 0.15) is 25.4 Å². The third-order valence-corrected chi connectivity index (χ3v) is 5.81. The fourth-order valence-corrected chi connectivity index (χ4v) is 4.25. The highest BCUT2D eigenvalue weighted by atomic mass is 35.5. The van der Waals surface area contributed by atoms with Gasteiger partial charge in [0.25, 0.3) is 0 Å². The first kappa shape index (κ1) is 22.7. The molecule has 1 fully saturated rings. The molecule has 0 spiro atoms. The Hall–Kier alpha value is -3.45. The largest absolute Gasteiger partial charge is 0.481 e. The van der Waals surface area contributed by atoms with E-state index in [0.29, 0.717) is 28.6 Å². The van der Waals surface area contributed by atoms with Gasteiger partial charge in [0.2, 0.25) is 0 Å². The Kier molecular flexibility index (Phi) is 6.61. The highest BCUT2D eigenvalue weighted by Gasteiger charge is 2.39. The van der Waals surface area contributed by atoms with Gasteiger partial charge in [-0.2, -0.15) is 0 Å². The van der Waals surface area contributed by atoms with Crippen molar-refractivity contribution < 1.29 is 24.2 Å². The van der Waals surface area contributed by atoms with E-state index in [-0.39, 0.29) is 24.7 Å². The van der Waals surface area contributed by atoms with Crippen molar-refractivity contribution in [3.8, 4) is 11.5 Å². The summed E-state index contributed by atoms with van der Waals surface area (Å²) in [5.74, 6) is 0.0455. The Morgan fingerprint density at radius 2 is 1.91 bits per heavy atom. The van der Waals surface area contributed by atoms with Crippen LogP contribution in [0.4, 0.5) is 4.79 Å². The molecule has 1 heterocycles. The predicted octanol–water partition coefficient (Wildman–Crippen LogP) is 4.10. The Morgan fingerprint density at radius 1 is 1.15 bits per heavy atom. The Morgan fingerprint density at radius 3 is 2.64 bits per heavy atom. The van der Waals surface area contributed by atoms with Crippen LogP contribution in [0.15, 0.2) is 66.7 Å². The van der Waals surface area contributed by atoms with Crippen LogP contribution in [0.5, 0.6) is 11.5 Å². The van der Waals surface area contributed by atoms with Crippen LogP contribution in [0, 0.1) is 0 Å². The topological polar surface area (TPSA) is 76.1 Å². The van der Waals surface area contributed by atoms with Crippen molar-refractivity contribution in [2.24, 2.45) is 0 Å². The summed E-state index contributed by atoms with van der Waals surface area (Å²) in [6.07, 6.45) is -0.884. The second-order valence-corrected chi connectivity index (χ2v) is 8.60. The number of carboxylic acids is 1. The highest BCUT2D eigenvalue weighted by molar-refractivity contribution is 6.32. The lowest BCUT2D eigenvalue weighted by Crippen LogP contribution is -2.31. The van der Waals surface area contributed by atoms with E-state index in [4.69, 9.17) is 26.2 Å². The van der Waals surface area contributed by atoms with Gasteiger partial charge in [-0.1, -0.05) is 59.5 Å². The molecule has 6 nitrogen and oxygen atoms in total. The summed E-state index contributed by atoms with van der Waals surface area (Å²) in [7, 11) is 1.97. The average molecular weight is 464 g/mol. The summed E-state index contributed by atoms with van der Waals surface area (Å²) in [6, 6.07) is 20.1. The molecule has 1 aliphatic rings. The van der Waals surface area contributed by atoms with E-state index in [2.05, 4.69) is 0 Å². The number of benzene rings is 3. The first-order valence-corrected chi connectivity index (χ1v) is 11.0. The third-order valence-electron chi connectivity index (χ3n) is 5.59. The van der Waals surface area contributed by atoms with E-state index in [1.807, 2.05) is 63.3 Å². The van der Waals surface area contributed by atoms with E-state index < -0.39 is 5.97 Å². The maximum atomic E-state index is 12.7. The SMILES string of the molecule is Bc1ccc(Oc2cc(Cl)cc(CC(=O)O)c2)c(CN2C(=O)O[C@@H](c3ccccc3)[C@H]2C)c1. The number of ether oxygens (including phenoxy) is 2. The molecule has 168 valence electrons. The van der Waals surface area contributed by atoms with Crippen LogP contribution < -0.4 is 10.2 Å². The van der Waals surface area contributed by atoms with Crippen LogP contribution in [-0.4, -0.2) is 36.0 Å². The van der Waals surface area contributed by atoms with Gasteiger partial charge in [-0.25, -0.2) is 4.79 Å². The number of nitrogens with zero attached hydrogens (tertiary/aromatic N) is 1. The highest BCUT2D eigenvalue weighted by Crippen LogP contribution is 2.35. The lowest BCUT2D eigenvalue weighted by molar-refractivity contribution is -0.136. The maximum Gasteiger partial charge on any atom is 0.411 e. The van der Waals surface area contributed by atoms with Crippen molar-refractivity contribution in [1.29, 1.82) is 0 Å².